The molecule has 0 bridgehead atoms. The monoisotopic (exact) mass is 263 g/mol. The molecule has 0 saturated heterocycles. The van der Waals surface area contributed by atoms with Crippen molar-refractivity contribution >= 4 is 23.2 Å². The van der Waals surface area contributed by atoms with Crippen LogP contribution in [0.5, 0.6) is 5.75 Å². The number of halogens is 2. The Morgan fingerprint density at radius 1 is 1.31 bits per heavy atom. The van der Waals surface area contributed by atoms with Crippen molar-refractivity contribution in [1.29, 1.82) is 0 Å². The molecular weight excluding hydrogens is 249 g/mol. The summed E-state index contributed by atoms with van der Waals surface area (Å²) >= 11 is 11.9. The first-order valence-electron chi connectivity index (χ1n) is 4.93. The maximum atomic E-state index is 6.00. The Bertz CT molecular complexity index is 345. The van der Waals surface area contributed by atoms with Gasteiger partial charge in [0.15, 0.2) is 0 Å². The van der Waals surface area contributed by atoms with Gasteiger partial charge in [-0.3, -0.25) is 0 Å². The Morgan fingerprint density at radius 2 is 2.06 bits per heavy atom. The Morgan fingerprint density at radius 3 is 2.69 bits per heavy atom. The van der Waals surface area contributed by atoms with Crippen LogP contribution < -0.4 is 10.1 Å². The quantitative estimate of drug-likeness (QED) is 0.801. The van der Waals surface area contributed by atoms with Gasteiger partial charge in [0, 0.05) is 17.1 Å². The molecule has 0 radical (unpaired) electrons. The predicted molar refractivity (Wildman–Crippen MR) is 66.6 cm³/mol. The van der Waals surface area contributed by atoms with Crippen LogP contribution in [-0.2, 0) is 11.3 Å². The second-order valence-corrected chi connectivity index (χ2v) is 4.08. The summed E-state index contributed by atoms with van der Waals surface area (Å²) in [6.45, 7) is 1.87. The van der Waals surface area contributed by atoms with E-state index in [1.165, 1.54) is 0 Å². The van der Waals surface area contributed by atoms with Crippen LogP contribution in [0.2, 0.25) is 10.0 Å². The van der Waals surface area contributed by atoms with Crippen molar-refractivity contribution in [3.8, 4) is 5.75 Å². The van der Waals surface area contributed by atoms with E-state index >= 15 is 0 Å². The first-order chi connectivity index (χ1) is 7.69. The number of benzene rings is 1. The lowest BCUT2D eigenvalue weighted by Crippen LogP contribution is -2.14. The van der Waals surface area contributed by atoms with Gasteiger partial charge in [-0.25, -0.2) is 0 Å². The smallest absolute Gasteiger partial charge is 0.143 e. The highest BCUT2D eigenvalue weighted by molar-refractivity contribution is 6.35. The molecule has 0 spiro atoms. The summed E-state index contributed by atoms with van der Waals surface area (Å²) in [6, 6.07) is 3.45. The molecule has 0 fully saturated rings. The Hall–Kier alpha value is -0.480. The normalized spacial score (nSPS) is 10.5. The maximum absolute atomic E-state index is 6.00. The third-order valence-corrected chi connectivity index (χ3v) is 2.54. The van der Waals surface area contributed by atoms with Gasteiger partial charge in [0.1, 0.15) is 5.75 Å². The molecule has 1 aromatic rings. The molecule has 0 aliphatic heterocycles. The average molecular weight is 264 g/mol. The minimum atomic E-state index is 0.436. The van der Waals surface area contributed by atoms with E-state index in [4.69, 9.17) is 32.7 Å². The van der Waals surface area contributed by atoms with Crippen LogP contribution in [0.4, 0.5) is 0 Å². The highest BCUT2D eigenvalue weighted by Crippen LogP contribution is 2.32. The van der Waals surface area contributed by atoms with Crippen LogP contribution in [0.25, 0.3) is 0 Å². The van der Waals surface area contributed by atoms with Crippen LogP contribution in [0.3, 0.4) is 0 Å². The molecule has 0 amide bonds. The summed E-state index contributed by atoms with van der Waals surface area (Å²) in [7, 11) is 3.45. The van der Waals surface area contributed by atoms with Gasteiger partial charge in [-0.05, 0) is 19.2 Å². The summed E-state index contributed by atoms with van der Waals surface area (Å²) in [6.07, 6.45) is 0. The molecule has 0 saturated carbocycles. The Labute approximate surface area is 106 Å². The highest BCUT2D eigenvalue weighted by Gasteiger charge is 2.09. The lowest BCUT2D eigenvalue weighted by Gasteiger charge is -2.11. The number of hydrogen-bond donors (Lipinski definition) is 1. The zero-order valence-electron chi connectivity index (χ0n) is 9.35. The third kappa shape index (κ3) is 3.83. The number of rotatable bonds is 6. The lowest BCUT2D eigenvalue weighted by atomic mass is 10.2. The summed E-state index contributed by atoms with van der Waals surface area (Å²) in [5, 5.41) is 4.08. The number of hydrogen-bond acceptors (Lipinski definition) is 3. The molecule has 16 heavy (non-hydrogen) atoms. The molecule has 0 heterocycles. The largest absolute Gasteiger partial charge is 0.495 e. The Kier molecular flexibility index (Phi) is 5.91. The van der Waals surface area contributed by atoms with Gasteiger partial charge in [0.05, 0.1) is 25.3 Å². The van der Waals surface area contributed by atoms with Crippen LogP contribution >= 0.6 is 23.2 Å². The summed E-state index contributed by atoms with van der Waals surface area (Å²) < 4.78 is 10.7. The van der Waals surface area contributed by atoms with Gasteiger partial charge in [0.2, 0.25) is 0 Å². The van der Waals surface area contributed by atoms with E-state index in [2.05, 4.69) is 5.32 Å². The van der Waals surface area contributed by atoms with Crippen LogP contribution in [0, 0.1) is 0 Å². The van der Waals surface area contributed by atoms with E-state index in [1.807, 2.05) is 7.05 Å². The van der Waals surface area contributed by atoms with Gasteiger partial charge >= 0.3 is 0 Å². The molecule has 0 atom stereocenters. The van der Waals surface area contributed by atoms with Crippen molar-refractivity contribution in [1.82, 2.24) is 5.32 Å². The molecule has 0 aliphatic rings. The molecular formula is C11H15Cl2NO2. The number of nitrogens with one attached hydrogen (secondary N) is 1. The first kappa shape index (κ1) is 13.6. The SMILES string of the molecule is CNCCOCc1cc(Cl)cc(Cl)c1OC. The topological polar surface area (TPSA) is 30.5 Å². The van der Waals surface area contributed by atoms with Crippen molar-refractivity contribution < 1.29 is 9.47 Å². The number of methoxy groups -OCH3 is 1. The minimum Gasteiger partial charge on any atom is -0.495 e. The molecule has 90 valence electrons. The summed E-state index contributed by atoms with van der Waals surface area (Å²) in [4.78, 5) is 0. The van der Waals surface area contributed by atoms with Crippen LogP contribution in [0.1, 0.15) is 5.56 Å². The second kappa shape index (κ2) is 6.97. The molecule has 1 aromatic carbocycles. The van der Waals surface area contributed by atoms with E-state index in [-0.39, 0.29) is 0 Å². The number of likely N-dealkylation sites (N-methyl/N-ethyl adjacent to an activating group) is 1. The van der Waals surface area contributed by atoms with E-state index in [0.717, 1.165) is 12.1 Å². The highest BCUT2D eigenvalue weighted by atomic mass is 35.5. The van der Waals surface area contributed by atoms with Crippen LogP contribution in [0.15, 0.2) is 12.1 Å². The Balaban J connectivity index is 2.69. The van der Waals surface area contributed by atoms with Crippen molar-refractivity contribution in [2.24, 2.45) is 0 Å². The van der Waals surface area contributed by atoms with Gasteiger partial charge in [0.25, 0.3) is 0 Å². The van der Waals surface area contributed by atoms with Crippen molar-refractivity contribution in [2.75, 3.05) is 27.3 Å². The van der Waals surface area contributed by atoms with Gasteiger partial charge in [-0.2, -0.15) is 0 Å². The molecule has 1 rings (SSSR count). The number of ether oxygens (including phenoxy) is 2. The fourth-order valence-corrected chi connectivity index (χ4v) is 1.92. The third-order valence-electron chi connectivity index (χ3n) is 2.04. The summed E-state index contributed by atoms with van der Waals surface area (Å²) in [5.41, 5.74) is 0.858. The minimum absolute atomic E-state index is 0.436. The zero-order chi connectivity index (χ0) is 12.0. The van der Waals surface area contributed by atoms with Crippen LogP contribution in [-0.4, -0.2) is 27.3 Å². The predicted octanol–water partition coefficient (Wildman–Crippen LogP) is 2.74. The average Bonchev–Trinajstić information content (AvgIpc) is 2.24. The van der Waals surface area contributed by atoms with E-state index in [1.54, 1.807) is 19.2 Å². The lowest BCUT2D eigenvalue weighted by molar-refractivity contribution is 0.122. The molecule has 0 aromatic heterocycles. The second-order valence-electron chi connectivity index (χ2n) is 3.24. The maximum Gasteiger partial charge on any atom is 0.143 e. The summed E-state index contributed by atoms with van der Waals surface area (Å²) in [5.74, 6) is 0.621. The fourth-order valence-electron chi connectivity index (χ4n) is 1.31. The molecule has 0 aliphatic carbocycles. The zero-order valence-corrected chi connectivity index (χ0v) is 10.9. The standard InChI is InChI=1S/C11H15Cl2NO2/c1-14-3-4-16-7-8-5-9(12)6-10(13)11(8)15-2/h5-6,14H,3-4,7H2,1-2H3. The van der Waals surface area contributed by atoms with Crippen molar-refractivity contribution in [3.63, 3.8) is 0 Å². The molecule has 3 nitrogen and oxygen atoms in total. The van der Waals surface area contributed by atoms with Crippen molar-refractivity contribution in [2.45, 2.75) is 6.61 Å². The van der Waals surface area contributed by atoms with E-state index < -0.39 is 0 Å². The van der Waals surface area contributed by atoms with Crippen molar-refractivity contribution in [3.05, 3.63) is 27.7 Å². The molecule has 1 N–H and O–H groups in total. The molecule has 5 heteroatoms. The molecule has 0 unspecified atom stereocenters. The fraction of sp³-hybridized carbons (Fsp3) is 0.455. The van der Waals surface area contributed by atoms with Gasteiger partial charge < -0.3 is 14.8 Å². The van der Waals surface area contributed by atoms with Gasteiger partial charge in [-0.1, -0.05) is 23.2 Å². The van der Waals surface area contributed by atoms with E-state index in [0.29, 0.717) is 29.0 Å². The van der Waals surface area contributed by atoms with Gasteiger partial charge in [-0.15, -0.1) is 0 Å². The first-order valence-corrected chi connectivity index (χ1v) is 5.69. The van der Waals surface area contributed by atoms with E-state index in [9.17, 15) is 0 Å².